The Bertz CT molecular complexity index is 420. The Morgan fingerprint density at radius 3 is 2.39 bits per heavy atom. The molecule has 0 aromatic heterocycles. The number of hydrogen-bond donors (Lipinski definition) is 1. The zero-order valence-corrected chi connectivity index (χ0v) is 11.3. The Morgan fingerprint density at radius 1 is 1.39 bits per heavy atom. The molecular weight excluding hydrogens is 226 g/mol. The summed E-state index contributed by atoms with van der Waals surface area (Å²) in [5, 5.41) is 9.00. The summed E-state index contributed by atoms with van der Waals surface area (Å²) in [7, 11) is 0. The fourth-order valence-electron chi connectivity index (χ4n) is 1.98. The van der Waals surface area contributed by atoms with Crippen LogP contribution < -0.4 is 4.90 Å². The molecule has 0 aliphatic heterocycles. The van der Waals surface area contributed by atoms with E-state index in [9.17, 15) is 4.79 Å². The van der Waals surface area contributed by atoms with Gasteiger partial charge in [-0.1, -0.05) is 19.1 Å². The molecule has 0 saturated carbocycles. The first-order valence-electron chi connectivity index (χ1n) is 6.11. The second-order valence-corrected chi connectivity index (χ2v) is 4.78. The first kappa shape index (κ1) is 14.3. The average molecular weight is 247 g/mol. The molecule has 0 heterocycles. The maximum absolute atomic E-state index is 11.0. The fraction of sp³-hybridized carbons (Fsp3) is 0.400. The summed E-state index contributed by atoms with van der Waals surface area (Å²) >= 11 is 0. The topological polar surface area (TPSA) is 40.5 Å². The molecule has 3 heteroatoms. The zero-order chi connectivity index (χ0) is 13.7. The lowest BCUT2D eigenvalue weighted by atomic mass is 10.1. The lowest BCUT2D eigenvalue weighted by molar-refractivity contribution is -0.140. The van der Waals surface area contributed by atoms with Crippen molar-refractivity contribution in [2.75, 3.05) is 18.0 Å². The van der Waals surface area contributed by atoms with Crippen molar-refractivity contribution in [2.24, 2.45) is 5.92 Å². The molecular formula is C15H21NO2. The number of benzene rings is 1. The number of carboxylic acids is 1. The van der Waals surface area contributed by atoms with Crippen LogP contribution >= 0.6 is 0 Å². The van der Waals surface area contributed by atoms with Crippen LogP contribution in [0, 0.1) is 19.8 Å². The van der Waals surface area contributed by atoms with Crippen LogP contribution in [-0.2, 0) is 4.79 Å². The van der Waals surface area contributed by atoms with E-state index in [0.29, 0.717) is 13.1 Å². The van der Waals surface area contributed by atoms with Crippen molar-refractivity contribution in [2.45, 2.75) is 20.8 Å². The molecule has 0 aliphatic rings. The summed E-state index contributed by atoms with van der Waals surface area (Å²) in [6.07, 6.45) is 1.80. The van der Waals surface area contributed by atoms with Gasteiger partial charge in [-0.15, -0.1) is 6.58 Å². The minimum absolute atomic E-state index is 0.397. The predicted octanol–water partition coefficient (Wildman–Crippen LogP) is 3.02. The largest absolute Gasteiger partial charge is 0.481 e. The van der Waals surface area contributed by atoms with Gasteiger partial charge in [-0.25, -0.2) is 0 Å². The van der Waals surface area contributed by atoms with Crippen LogP contribution in [0.5, 0.6) is 0 Å². The molecule has 0 amide bonds. The normalized spacial score (nSPS) is 11.9. The van der Waals surface area contributed by atoms with E-state index in [2.05, 4.69) is 24.8 Å². The van der Waals surface area contributed by atoms with Crippen LogP contribution in [-0.4, -0.2) is 24.2 Å². The Balaban J connectivity index is 2.96. The third-order valence-electron chi connectivity index (χ3n) is 2.84. The highest BCUT2D eigenvalue weighted by Crippen LogP contribution is 2.20. The van der Waals surface area contributed by atoms with Crippen LogP contribution in [0.25, 0.3) is 0 Å². The molecule has 0 fully saturated rings. The Kier molecular flexibility index (Phi) is 4.95. The molecule has 3 nitrogen and oxygen atoms in total. The van der Waals surface area contributed by atoms with Gasteiger partial charge in [0.1, 0.15) is 0 Å². The number of carboxylic acid groups (broad SMARTS) is 1. The lowest BCUT2D eigenvalue weighted by Crippen LogP contribution is -2.32. The van der Waals surface area contributed by atoms with Crippen molar-refractivity contribution in [1.82, 2.24) is 0 Å². The Labute approximate surface area is 109 Å². The summed E-state index contributed by atoms with van der Waals surface area (Å²) < 4.78 is 0. The van der Waals surface area contributed by atoms with Gasteiger partial charge in [0.25, 0.3) is 0 Å². The zero-order valence-electron chi connectivity index (χ0n) is 11.3. The quantitative estimate of drug-likeness (QED) is 0.785. The number of anilines is 1. The molecule has 0 saturated heterocycles. The molecule has 0 radical (unpaired) electrons. The number of nitrogens with zero attached hydrogens (tertiary/aromatic N) is 1. The fourth-order valence-corrected chi connectivity index (χ4v) is 1.98. The smallest absolute Gasteiger partial charge is 0.308 e. The van der Waals surface area contributed by atoms with Crippen molar-refractivity contribution in [3.63, 3.8) is 0 Å². The van der Waals surface area contributed by atoms with Crippen molar-refractivity contribution in [3.05, 3.63) is 42.0 Å². The number of hydrogen-bond acceptors (Lipinski definition) is 2. The van der Waals surface area contributed by atoms with Gasteiger partial charge in [-0.2, -0.15) is 0 Å². The van der Waals surface area contributed by atoms with Gasteiger partial charge < -0.3 is 10.0 Å². The second-order valence-electron chi connectivity index (χ2n) is 4.78. The van der Waals surface area contributed by atoms with Gasteiger partial charge in [0.05, 0.1) is 5.92 Å². The van der Waals surface area contributed by atoms with E-state index >= 15 is 0 Å². The lowest BCUT2D eigenvalue weighted by Gasteiger charge is -2.26. The van der Waals surface area contributed by atoms with E-state index in [1.807, 2.05) is 18.7 Å². The number of carbonyl (C=O) groups is 1. The molecule has 0 bridgehead atoms. The van der Waals surface area contributed by atoms with Gasteiger partial charge in [0.2, 0.25) is 0 Å². The van der Waals surface area contributed by atoms with Gasteiger partial charge in [-0.3, -0.25) is 4.79 Å². The molecule has 1 N–H and O–H groups in total. The van der Waals surface area contributed by atoms with E-state index in [1.54, 1.807) is 13.0 Å². The number of rotatable bonds is 6. The minimum atomic E-state index is -0.770. The molecule has 98 valence electrons. The average Bonchev–Trinajstić information content (AvgIpc) is 2.26. The van der Waals surface area contributed by atoms with E-state index in [1.165, 1.54) is 11.1 Å². The standard InChI is InChI=1S/C15H21NO2/c1-5-6-16(10-13(4)15(17)18)14-8-11(2)7-12(3)9-14/h5,7-9,13H,1,6,10H2,2-4H3,(H,17,18). The number of aliphatic carboxylic acids is 1. The maximum Gasteiger partial charge on any atom is 0.308 e. The minimum Gasteiger partial charge on any atom is -0.481 e. The Morgan fingerprint density at radius 2 is 1.94 bits per heavy atom. The first-order chi connectivity index (χ1) is 8.43. The third-order valence-corrected chi connectivity index (χ3v) is 2.84. The van der Waals surface area contributed by atoms with Gasteiger partial charge in [0.15, 0.2) is 0 Å². The van der Waals surface area contributed by atoms with Crippen molar-refractivity contribution < 1.29 is 9.90 Å². The molecule has 1 unspecified atom stereocenters. The van der Waals surface area contributed by atoms with Crippen LogP contribution in [0.15, 0.2) is 30.9 Å². The maximum atomic E-state index is 11.0. The molecule has 18 heavy (non-hydrogen) atoms. The highest BCUT2D eigenvalue weighted by atomic mass is 16.4. The summed E-state index contributed by atoms with van der Waals surface area (Å²) in [6.45, 7) is 10.7. The van der Waals surface area contributed by atoms with E-state index in [-0.39, 0.29) is 0 Å². The third kappa shape index (κ3) is 3.91. The molecule has 0 spiro atoms. The van der Waals surface area contributed by atoms with Gasteiger partial charge in [0, 0.05) is 18.8 Å². The highest BCUT2D eigenvalue weighted by molar-refractivity contribution is 5.70. The van der Waals surface area contributed by atoms with Crippen molar-refractivity contribution in [1.29, 1.82) is 0 Å². The molecule has 0 aliphatic carbocycles. The van der Waals surface area contributed by atoms with E-state index in [4.69, 9.17) is 5.11 Å². The molecule has 1 aromatic rings. The summed E-state index contributed by atoms with van der Waals surface area (Å²) in [4.78, 5) is 13.0. The second kappa shape index (κ2) is 6.24. The van der Waals surface area contributed by atoms with Gasteiger partial charge >= 0.3 is 5.97 Å². The van der Waals surface area contributed by atoms with E-state index < -0.39 is 11.9 Å². The van der Waals surface area contributed by atoms with Crippen LogP contribution in [0.4, 0.5) is 5.69 Å². The molecule has 1 rings (SSSR count). The Hall–Kier alpha value is -1.77. The summed E-state index contributed by atoms with van der Waals surface area (Å²) in [5.41, 5.74) is 3.42. The molecule has 1 atom stereocenters. The molecule has 1 aromatic carbocycles. The monoisotopic (exact) mass is 247 g/mol. The van der Waals surface area contributed by atoms with Gasteiger partial charge in [-0.05, 0) is 37.1 Å². The number of aryl methyl sites for hydroxylation is 2. The summed E-state index contributed by atoms with van der Waals surface area (Å²) in [6, 6.07) is 6.26. The van der Waals surface area contributed by atoms with Crippen molar-refractivity contribution in [3.8, 4) is 0 Å². The van der Waals surface area contributed by atoms with Crippen LogP contribution in [0.3, 0.4) is 0 Å². The SMILES string of the molecule is C=CCN(CC(C)C(=O)O)c1cc(C)cc(C)c1. The van der Waals surface area contributed by atoms with Crippen LogP contribution in [0.2, 0.25) is 0 Å². The van der Waals surface area contributed by atoms with E-state index in [0.717, 1.165) is 5.69 Å². The first-order valence-corrected chi connectivity index (χ1v) is 6.11. The van der Waals surface area contributed by atoms with Crippen molar-refractivity contribution >= 4 is 11.7 Å². The van der Waals surface area contributed by atoms with Crippen LogP contribution in [0.1, 0.15) is 18.1 Å². The highest BCUT2D eigenvalue weighted by Gasteiger charge is 2.16. The summed E-state index contributed by atoms with van der Waals surface area (Å²) in [5.74, 6) is -1.17. The predicted molar refractivity (Wildman–Crippen MR) is 75.1 cm³/mol.